The second-order valence-electron chi connectivity index (χ2n) is 6.71. The zero-order valence-corrected chi connectivity index (χ0v) is 15.6. The maximum absolute atomic E-state index is 13.0. The molecule has 4 rings (SSSR count). The first-order chi connectivity index (χ1) is 11.6. The molecule has 0 bridgehead atoms. The van der Waals surface area contributed by atoms with E-state index in [2.05, 4.69) is 51.2 Å². The molecule has 1 aliphatic heterocycles. The van der Waals surface area contributed by atoms with Gasteiger partial charge in [-0.3, -0.25) is 4.79 Å². The van der Waals surface area contributed by atoms with Crippen LogP contribution in [0.15, 0.2) is 53.0 Å². The van der Waals surface area contributed by atoms with Crippen LogP contribution < -0.4 is 0 Å². The molecule has 3 atom stereocenters. The first-order valence-electron chi connectivity index (χ1n) is 8.45. The van der Waals surface area contributed by atoms with Crippen LogP contribution in [-0.4, -0.2) is 17.4 Å². The van der Waals surface area contributed by atoms with Gasteiger partial charge in [0.2, 0.25) is 5.91 Å². The molecule has 2 aromatic carbocycles. The Morgan fingerprint density at radius 2 is 1.88 bits per heavy atom. The fourth-order valence-electron chi connectivity index (χ4n) is 3.86. The van der Waals surface area contributed by atoms with Crippen LogP contribution in [0.25, 0.3) is 0 Å². The molecule has 0 spiro atoms. The summed E-state index contributed by atoms with van der Waals surface area (Å²) in [5, 5.41) is 0.781. The number of carbonyl (C=O) groups excluding carboxylic acids is 1. The summed E-state index contributed by atoms with van der Waals surface area (Å²) in [4.78, 5) is 15.1. The molecule has 3 unspecified atom stereocenters. The topological polar surface area (TPSA) is 20.3 Å². The van der Waals surface area contributed by atoms with Crippen LogP contribution in [-0.2, 0) is 4.79 Å². The molecule has 0 N–H and O–H groups in total. The summed E-state index contributed by atoms with van der Waals surface area (Å²) in [5.74, 6) is 0.684. The molecule has 0 radical (unpaired) electrons. The van der Waals surface area contributed by atoms with Gasteiger partial charge >= 0.3 is 0 Å². The molecular weight excluding hydrogens is 386 g/mol. The molecular formula is C20H19BrClNO. The molecule has 1 aliphatic carbocycles. The molecule has 0 aromatic heterocycles. The van der Waals surface area contributed by atoms with Crippen molar-refractivity contribution in [3.05, 3.63) is 69.2 Å². The van der Waals surface area contributed by atoms with Gasteiger partial charge in [0.05, 0.1) is 6.04 Å². The predicted molar refractivity (Wildman–Crippen MR) is 100 cm³/mol. The van der Waals surface area contributed by atoms with Crippen molar-refractivity contribution in [2.75, 3.05) is 6.54 Å². The lowest BCUT2D eigenvalue weighted by molar-refractivity contribution is -0.133. The summed E-state index contributed by atoms with van der Waals surface area (Å²) in [6.45, 7) is 0.866. The summed E-state index contributed by atoms with van der Waals surface area (Å²) in [7, 11) is 0. The van der Waals surface area contributed by atoms with E-state index in [1.165, 1.54) is 5.56 Å². The van der Waals surface area contributed by atoms with Gasteiger partial charge in [0.1, 0.15) is 0 Å². The molecule has 2 fully saturated rings. The predicted octanol–water partition coefficient (Wildman–Crippen LogP) is 5.57. The lowest BCUT2D eigenvalue weighted by Crippen LogP contribution is -2.32. The van der Waals surface area contributed by atoms with Crippen molar-refractivity contribution in [1.29, 1.82) is 0 Å². The molecule has 24 heavy (non-hydrogen) atoms. The van der Waals surface area contributed by atoms with Gasteiger partial charge < -0.3 is 4.90 Å². The first-order valence-corrected chi connectivity index (χ1v) is 9.62. The number of benzene rings is 2. The fourth-order valence-corrected chi connectivity index (χ4v) is 4.40. The number of halogens is 2. The van der Waals surface area contributed by atoms with Crippen molar-refractivity contribution < 1.29 is 4.79 Å². The first kappa shape index (κ1) is 16.2. The van der Waals surface area contributed by atoms with Gasteiger partial charge in [0, 0.05) is 22.0 Å². The number of hydrogen-bond acceptors (Lipinski definition) is 1. The second-order valence-corrected chi connectivity index (χ2v) is 8.03. The Morgan fingerprint density at radius 3 is 2.62 bits per heavy atom. The molecule has 1 saturated carbocycles. The number of amides is 1. The van der Waals surface area contributed by atoms with Crippen molar-refractivity contribution in [2.45, 2.75) is 31.2 Å². The SMILES string of the molecule is O=C(C1CC1c1ccccc1Cl)N1CCCC1c1ccc(Br)cc1. The molecule has 2 aromatic rings. The van der Waals surface area contributed by atoms with E-state index in [0.29, 0.717) is 5.91 Å². The third kappa shape index (κ3) is 3.00. The van der Waals surface area contributed by atoms with E-state index in [4.69, 9.17) is 11.6 Å². The maximum atomic E-state index is 13.0. The van der Waals surface area contributed by atoms with Gasteiger partial charge in [0.25, 0.3) is 0 Å². The second kappa shape index (κ2) is 6.53. The standard InChI is InChI=1S/C20H19BrClNO/c21-14-9-7-13(8-10-14)19-6-3-11-23(19)20(24)17-12-16(17)15-4-1-2-5-18(15)22/h1-2,4-5,7-10,16-17,19H,3,6,11-12H2. The molecule has 124 valence electrons. The zero-order valence-electron chi connectivity index (χ0n) is 13.3. The van der Waals surface area contributed by atoms with E-state index in [-0.39, 0.29) is 17.9 Å². The monoisotopic (exact) mass is 403 g/mol. The Labute approximate surface area is 155 Å². The van der Waals surface area contributed by atoms with Gasteiger partial charge in [-0.1, -0.05) is 57.9 Å². The third-order valence-corrected chi connectivity index (χ3v) is 6.08. The quantitative estimate of drug-likeness (QED) is 0.655. The van der Waals surface area contributed by atoms with E-state index in [0.717, 1.165) is 40.9 Å². The minimum absolute atomic E-state index is 0.0981. The molecule has 1 amide bonds. The Hall–Kier alpha value is -1.32. The van der Waals surface area contributed by atoms with Crippen molar-refractivity contribution >= 4 is 33.4 Å². The molecule has 2 aliphatic rings. The highest BCUT2D eigenvalue weighted by Crippen LogP contribution is 2.51. The minimum Gasteiger partial charge on any atom is -0.335 e. The van der Waals surface area contributed by atoms with Crippen LogP contribution in [0.5, 0.6) is 0 Å². The summed E-state index contributed by atoms with van der Waals surface area (Å²) >= 11 is 9.78. The summed E-state index contributed by atoms with van der Waals surface area (Å²) in [6, 6.07) is 16.5. The molecule has 1 heterocycles. The van der Waals surface area contributed by atoms with E-state index in [1.54, 1.807) is 0 Å². The summed E-state index contributed by atoms with van der Waals surface area (Å²) in [5.41, 5.74) is 2.36. The highest BCUT2D eigenvalue weighted by molar-refractivity contribution is 9.10. The molecule has 1 saturated heterocycles. The van der Waals surface area contributed by atoms with Crippen molar-refractivity contribution in [3.8, 4) is 0 Å². The van der Waals surface area contributed by atoms with Crippen LogP contribution in [0, 0.1) is 5.92 Å². The highest BCUT2D eigenvalue weighted by atomic mass is 79.9. The van der Waals surface area contributed by atoms with E-state index >= 15 is 0 Å². The average molecular weight is 405 g/mol. The lowest BCUT2D eigenvalue weighted by Gasteiger charge is -2.25. The van der Waals surface area contributed by atoms with Crippen molar-refractivity contribution in [1.82, 2.24) is 4.90 Å². The number of hydrogen-bond donors (Lipinski definition) is 0. The van der Waals surface area contributed by atoms with Gasteiger partial charge in [0.15, 0.2) is 0 Å². The zero-order chi connectivity index (χ0) is 16.7. The molecule has 2 nitrogen and oxygen atoms in total. The smallest absolute Gasteiger partial charge is 0.226 e. The van der Waals surface area contributed by atoms with Crippen molar-refractivity contribution in [3.63, 3.8) is 0 Å². The van der Waals surface area contributed by atoms with Crippen molar-refractivity contribution in [2.24, 2.45) is 5.92 Å². The Kier molecular flexibility index (Phi) is 4.40. The third-order valence-electron chi connectivity index (χ3n) is 5.20. The summed E-state index contributed by atoms with van der Waals surface area (Å²) < 4.78 is 1.07. The minimum atomic E-state index is 0.0981. The maximum Gasteiger partial charge on any atom is 0.226 e. The lowest BCUT2D eigenvalue weighted by atomic mass is 10.0. The van der Waals surface area contributed by atoms with Crippen LogP contribution in [0.2, 0.25) is 5.02 Å². The van der Waals surface area contributed by atoms with E-state index < -0.39 is 0 Å². The van der Waals surface area contributed by atoms with Crippen LogP contribution in [0.1, 0.15) is 42.3 Å². The number of rotatable bonds is 3. The van der Waals surface area contributed by atoms with E-state index in [1.807, 2.05) is 18.2 Å². The average Bonchev–Trinajstić information content (AvgIpc) is 3.23. The van der Waals surface area contributed by atoms with Gasteiger partial charge in [-0.2, -0.15) is 0 Å². The fraction of sp³-hybridized carbons (Fsp3) is 0.350. The van der Waals surface area contributed by atoms with Gasteiger partial charge in [-0.15, -0.1) is 0 Å². The largest absolute Gasteiger partial charge is 0.335 e. The van der Waals surface area contributed by atoms with Gasteiger partial charge in [-0.05, 0) is 54.5 Å². The number of likely N-dealkylation sites (tertiary alicyclic amines) is 1. The Balaban J connectivity index is 1.50. The molecule has 4 heteroatoms. The number of carbonyl (C=O) groups is 1. The normalized spacial score (nSPS) is 25.8. The Bertz CT molecular complexity index is 760. The Morgan fingerprint density at radius 1 is 1.12 bits per heavy atom. The highest BCUT2D eigenvalue weighted by Gasteiger charge is 2.48. The summed E-state index contributed by atoms with van der Waals surface area (Å²) in [6.07, 6.45) is 3.05. The number of nitrogens with zero attached hydrogens (tertiary/aromatic N) is 1. The van der Waals surface area contributed by atoms with Crippen LogP contribution >= 0.6 is 27.5 Å². The van der Waals surface area contributed by atoms with Gasteiger partial charge in [-0.25, -0.2) is 0 Å². The van der Waals surface area contributed by atoms with Crippen LogP contribution in [0.3, 0.4) is 0 Å². The van der Waals surface area contributed by atoms with Crippen LogP contribution in [0.4, 0.5) is 0 Å². The van der Waals surface area contributed by atoms with E-state index in [9.17, 15) is 4.79 Å².